The third kappa shape index (κ3) is 2.99. The van der Waals surface area contributed by atoms with E-state index in [9.17, 15) is 0 Å². The summed E-state index contributed by atoms with van der Waals surface area (Å²) in [6.45, 7) is 3.73. The van der Waals surface area contributed by atoms with Crippen molar-refractivity contribution < 1.29 is 0 Å². The Labute approximate surface area is 78.4 Å². The van der Waals surface area contributed by atoms with Gasteiger partial charge in [0.2, 0.25) is 0 Å². The molecule has 1 aromatic heterocycles. The molecule has 0 saturated carbocycles. The number of aryl methyl sites for hydroxylation is 1. The number of nitrogens with zero attached hydrogens (tertiary/aromatic N) is 3. The Hall–Kier alpha value is -1.16. The molecule has 0 amide bonds. The average molecular weight is 180 g/mol. The van der Waals surface area contributed by atoms with Crippen LogP contribution in [0.1, 0.15) is 25.5 Å². The molecule has 0 atom stereocenters. The van der Waals surface area contributed by atoms with E-state index in [0.29, 0.717) is 6.54 Å². The van der Waals surface area contributed by atoms with E-state index in [1.165, 1.54) is 0 Å². The smallest absolute Gasteiger partial charge is 0.0810 e. The maximum Gasteiger partial charge on any atom is 0.0810 e. The molecule has 0 aromatic carbocycles. The van der Waals surface area contributed by atoms with Gasteiger partial charge < -0.3 is 5.73 Å². The van der Waals surface area contributed by atoms with Crippen LogP contribution < -0.4 is 5.73 Å². The second-order valence-electron chi connectivity index (χ2n) is 2.86. The largest absolute Gasteiger partial charge is 0.330 e. The summed E-state index contributed by atoms with van der Waals surface area (Å²) in [5.41, 5.74) is 6.43. The number of aromatic nitrogens is 3. The van der Waals surface area contributed by atoms with Gasteiger partial charge in [0.15, 0.2) is 0 Å². The Bertz CT molecular complexity index is 264. The number of rotatable bonds is 5. The Balaban J connectivity index is 2.59. The van der Waals surface area contributed by atoms with Gasteiger partial charge in [-0.3, -0.25) is 0 Å². The quantitative estimate of drug-likeness (QED) is 0.736. The fraction of sp³-hybridized carbons (Fsp3) is 0.556. The summed E-state index contributed by atoms with van der Waals surface area (Å²) in [7, 11) is 0. The molecule has 0 aliphatic heterocycles. The number of hydrogen-bond donors (Lipinski definition) is 1. The second-order valence-corrected chi connectivity index (χ2v) is 2.86. The zero-order valence-electron chi connectivity index (χ0n) is 7.98. The van der Waals surface area contributed by atoms with Crippen molar-refractivity contribution in [2.75, 3.05) is 6.54 Å². The lowest BCUT2D eigenvalue weighted by Crippen LogP contribution is -2.01. The molecule has 0 aliphatic carbocycles. The lowest BCUT2D eigenvalue weighted by atomic mass is 10.3. The molecule has 1 aromatic rings. The van der Waals surface area contributed by atoms with Gasteiger partial charge in [-0.15, -0.1) is 5.10 Å². The van der Waals surface area contributed by atoms with E-state index in [4.69, 9.17) is 5.73 Å². The first-order chi connectivity index (χ1) is 6.38. The molecule has 2 N–H and O–H groups in total. The van der Waals surface area contributed by atoms with Gasteiger partial charge in [-0.1, -0.05) is 18.2 Å². The van der Waals surface area contributed by atoms with Crippen LogP contribution in [0.15, 0.2) is 12.3 Å². The molecule has 4 nitrogen and oxygen atoms in total. The maximum atomic E-state index is 5.38. The molecule has 0 saturated heterocycles. The first kappa shape index (κ1) is 9.92. The maximum absolute atomic E-state index is 5.38. The van der Waals surface area contributed by atoms with Gasteiger partial charge in [0, 0.05) is 6.54 Å². The number of nitrogens with two attached hydrogens (primary N) is 1. The van der Waals surface area contributed by atoms with Crippen LogP contribution >= 0.6 is 0 Å². The van der Waals surface area contributed by atoms with Crippen LogP contribution in [0.2, 0.25) is 0 Å². The molecule has 4 heteroatoms. The predicted molar refractivity (Wildman–Crippen MR) is 53.0 cm³/mol. The minimum absolute atomic E-state index is 0.686. The standard InChI is InChI=1S/C9H16N4/c1-2-7-13-9(8-11-12-13)5-3-4-6-10/h3,5,8H,2,4,6-7,10H2,1H3/b5-3+. The Morgan fingerprint density at radius 2 is 2.46 bits per heavy atom. The van der Waals surface area contributed by atoms with Gasteiger partial charge in [0.1, 0.15) is 0 Å². The fourth-order valence-electron chi connectivity index (χ4n) is 1.08. The molecule has 0 spiro atoms. The van der Waals surface area contributed by atoms with Crippen LogP contribution in [-0.4, -0.2) is 21.5 Å². The van der Waals surface area contributed by atoms with Gasteiger partial charge in [-0.25, -0.2) is 4.68 Å². The lowest BCUT2D eigenvalue weighted by molar-refractivity contribution is 0.575. The molecule has 0 bridgehead atoms. The van der Waals surface area contributed by atoms with Crippen molar-refractivity contribution >= 4 is 6.08 Å². The summed E-state index contributed by atoms with van der Waals surface area (Å²) in [5, 5.41) is 7.82. The first-order valence-corrected chi connectivity index (χ1v) is 4.63. The first-order valence-electron chi connectivity index (χ1n) is 4.63. The van der Waals surface area contributed by atoms with Crippen molar-refractivity contribution in [2.45, 2.75) is 26.3 Å². The average Bonchev–Trinajstić information content (AvgIpc) is 2.54. The molecule has 72 valence electrons. The van der Waals surface area contributed by atoms with E-state index in [2.05, 4.69) is 17.2 Å². The monoisotopic (exact) mass is 180 g/mol. The highest BCUT2D eigenvalue weighted by molar-refractivity contribution is 5.42. The minimum Gasteiger partial charge on any atom is -0.330 e. The Kier molecular flexibility index (Phi) is 4.18. The summed E-state index contributed by atoms with van der Waals surface area (Å²) in [6.07, 6.45) is 7.80. The normalized spacial score (nSPS) is 11.2. The predicted octanol–water partition coefficient (Wildman–Crippen LogP) is 1.05. The van der Waals surface area contributed by atoms with Crippen molar-refractivity contribution in [3.05, 3.63) is 18.0 Å². The van der Waals surface area contributed by atoms with E-state index in [0.717, 1.165) is 25.1 Å². The molecule has 0 fully saturated rings. The Morgan fingerprint density at radius 1 is 1.62 bits per heavy atom. The van der Waals surface area contributed by atoms with E-state index < -0.39 is 0 Å². The van der Waals surface area contributed by atoms with Crippen LogP contribution in [0.25, 0.3) is 6.08 Å². The summed E-state index contributed by atoms with van der Waals surface area (Å²) in [5.74, 6) is 0. The SMILES string of the molecule is CCCn1nncc1/C=C/CCN. The third-order valence-corrected chi connectivity index (χ3v) is 1.71. The van der Waals surface area contributed by atoms with Gasteiger partial charge >= 0.3 is 0 Å². The van der Waals surface area contributed by atoms with Gasteiger partial charge in [-0.2, -0.15) is 0 Å². The summed E-state index contributed by atoms with van der Waals surface area (Å²) >= 11 is 0. The lowest BCUT2D eigenvalue weighted by Gasteiger charge is -1.98. The molecule has 13 heavy (non-hydrogen) atoms. The highest BCUT2D eigenvalue weighted by Crippen LogP contribution is 2.01. The molecule has 0 radical (unpaired) electrons. The highest BCUT2D eigenvalue weighted by atomic mass is 15.4. The third-order valence-electron chi connectivity index (χ3n) is 1.71. The molecule has 0 unspecified atom stereocenters. The van der Waals surface area contributed by atoms with Crippen LogP contribution in [0.3, 0.4) is 0 Å². The van der Waals surface area contributed by atoms with Crippen molar-refractivity contribution in [3.63, 3.8) is 0 Å². The summed E-state index contributed by atoms with van der Waals surface area (Å²) in [4.78, 5) is 0. The zero-order chi connectivity index (χ0) is 9.52. The molecular weight excluding hydrogens is 164 g/mol. The van der Waals surface area contributed by atoms with Crippen molar-refractivity contribution in [2.24, 2.45) is 5.73 Å². The van der Waals surface area contributed by atoms with Crippen molar-refractivity contribution in [1.29, 1.82) is 0 Å². The minimum atomic E-state index is 0.686. The molecule has 0 aliphatic rings. The molecule has 1 heterocycles. The van der Waals surface area contributed by atoms with E-state index in [1.54, 1.807) is 6.20 Å². The van der Waals surface area contributed by atoms with Crippen LogP contribution in [0.5, 0.6) is 0 Å². The van der Waals surface area contributed by atoms with Gasteiger partial charge in [-0.05, 0) is 25.5 Å². The van der Waals surface area contributed by atoms with E-state index >= 15 is 0 Å². The highest BCUT2D eigenvalue weighted by Gasteiger charge is 1.96. The van der Waals surface area contributed by atoms with Crippen molar-refractivity contribution in [1.82, 2.24) is 15.0 Å². The van der Waals surface area contributed by atoms with Crippen LogP contribution in [-0.2, 0) is 6.54 Å². The van der Waals surface area contributed by atoms with E-state index in [-0.39, 0.29) is 0 Å². The number of hydrogen-bond acceptors (Lipinski definition) is 3. The van der Waals surface area contributed by atoms with Crippen molar-refractivity contribution in [3.8, 4) is 0 Å². The van der Waals surface area contributed by atoms with E-state index in [1.807, 2.05) is 16.8 Å². The fourth-order valence-corrected chi connectivity index (χ4v) is 1.08. The zero-order valence-corrected chi connectivity index (χ0v) is 7.98. The summed E-state index contributed by atoms with van der Waals surface area (Å²) < 4.78 is 1.90. The molecule has 1 rings (SSSR count). The van der Waals surface area contributed by atoms with Crippen LogP contribution in [0, 0.1) is 0 Å². The topological polar surface area (TPSA) is 56.7 Å². The Morgan fingerprint density at radius 3 is 3.15 bits per heavy atom. The molecular formula is C9H16N4. The second kappa shape index (κ2) is 5.48. The summed E-state index contributed by atoms with van der Waals surface area (Å²) in [6, 6.07) is 0. The van der Waals surface area contributed by atoms with Gasteiger partial charge in [0.25, 0.3) is 0 Å². The van der Waals surface area contributed by atoms with Crippen LogP contribution in [0.4, 0.5) is 0 Å². The van der Waals surface area contributed by atoms with Gasteiger partial charge in [0.05, 0.1) is 11.9 Å².